The molecule has 1 aliphatic heterocycles. The van der Waals surface area contributed by atoms with E-state index in [1.165, 1.54) is 0 Å². The van der Waals surface area contributed by atoms with Gasteiger partial charge in [0.25, 0.3) is 5.91 Å². The highest BCUT2D eigenvalue weighted by atomic mass is 32.2. The van der Waals surface area contributed by atoms with Crippen LogP contribution in [0.2, 0.25) is 0 Å². The number of carbonyl (C=O) groups excluding carboxylic acids is 1. The lowest BCUT2D eigenvalue weighted by Crippen LogP contribution is -2.31. The van der Waals surface area contributed by atoms with Gasteiger partial charge in [-0.2, -0.15) is 4.68 Å². The van der Waals surface area contributed by atoms with E-state index in [0.29, 0.717) is 43.4 Å². The highest BCUT2D eigenvalue weighted by molar-refractivity contribution is 7.98. The molecule has 0 unspecified atom stereocenters. The summed E-state index contributed by atoms with van der Waals surface area (Å²) in [7, 11) is 0. The Hall–Kier alpha value is -3.85. The first kappa shape index (κ1) is 22.9. The molecule has 0 saturated carbocycles. The number of benzene rings is 3. The molecule has 0 spiro atoms. The number of rotatable bonds is 8. The molecule has 5 rings (SSSR count). The Bertz CT molecular complexity index is 1310. The van der Waals surface area contributed by atoms with Gasteiger partial charge in [-0.25, -0.2) is 0 Å². The zero-order valence-electron chi connectivity index (χ0n) is 19.3. The van der Waals surface area contributed by atoms with Gasteiger partial charge in [-0.3, -0.25) is 4.79 Å². The van der Waals surface area contributed by atoms with Crippen molar-refractivity contribution in [2.45, 2.75) is 24.1 Å². The van der Waals surface area contributed by atoms with Gasteiger partial charge in [-0.05, 0) is 47.7 Å². The first-order valence-corrected chi connectivity index (χ1v) is 12.4. The number of carbonyl (C=O) groups is 1. The first-order chi connectivity index (χ1) is 17.2. The van der Waals surface area contributed by atoms with E-state index < -0.39 is 0 Å². The average molecular weight is 488 g/mol. The van der Waals surface area contributed by atoms with Crippen LogP contribution in [0.1, 0.15) is 28.7 Å². The lowest BCUT2D eigenvalue weighted by Gasteiger charge is -2.26. The summed E-state index contributed by atoms with van der Waals surface area (Å²) in [5.74, 6) is 2.65. The number of tetrazole rings is 1. The predicted molar refractivity (Wildman–Crippen MR) is 133 cm³/mol. The lowest BCUT2D eigenvalue weighted by molar-refractivity contribution is 0.0745. The third-order valence-corrected chi connectivity index (χ3v) is 6.76. The van der Waals surface area contributed by atoms with E-state index in [0.717, 1.165) is 27.6 Å². The molecular weight excluding hydrogens is 462 g/mol. The fourth-order valence-corrected chi connectivity index (χ4v) is 4.89. The van der Waals surface area contributed by atoms with E-state index in [-0.39, 0.29) is 5.91 Å². The van der Waals surface area contributed by atoms with Gasteiger partial charge in [-0.1, -0.05) is 42.5 Å². The number of fused-ring (bicyclic) bond motifs is 1. The van der Waals surface area contributed by atoms with E-state index in [1.54, 1.807) is 16.4 Å². The van der Waals surface area contributed by atoms with Gasteiger partial charge in [0.2, 0.25) is 0 Å². The number of hydrogen-bond donors (Lipinski definition) is 0. The molecule has 0 N–H and O–H groups in total. The minimum Gasteiger partial charge on any atom is -0.486 e. The summed E-state index contributed by atoms with van der Waals surface area (Å²) in [6.07, 6.45) is 0. The molecule has 3 aromatic carbocycles. The summed E-state index contributed by atoms with van der Waals surface area (Å²) in [6, 6.07) is 23.2. The molecule has 0 fully saturated rings. The third kappa shape index (κ3) is 5.00. The predicted octanol–water partition coefficient (Wildman–Crippen LogP) is 4.39. The highest BCUT2D eigenvalue weighted by Crippen LogP contribution is 2.35. The Morgan fingerprint density at radius 3 is 2.66 bits per heavy atom. The molecule has 0 aliphatic carbocycles. The largest absolute Gasteiger partial charge is 0.486 e. The number of ether oxygens (including phenoxy) is 2. The maximum atomic E-state index is 13.6. The molecule has 1 amide bonds. The van der Waals surface area contributed by atoms with E-state index in [1.807, 2.05) is 84.6 Å². The van der Waals surface area contributed by atoms with Crippen LogP contribution in [0.4, 0.5) is 0 Å². The molecule has 0 bridgehead atoms. The first-order valence-electron chi connectivity index (χ1n) is 11.5. The third-order valence-electron chi connectivity index (χ3n) is 5.69. The summed E-state index contributed by atoms with van der Waals surface area (Å²) in [4.78, 5) is 16.3. The minimum absolute atomic E-state index is 0.0346. The molecular formula is C26H25N5O3S. The lowest BCUT2D eigenvalue weighted by atomic mass is 10.1. The molecule has 0 radical (unpaired) electrons. The number of thioether (sulfide) groups is 1. The maximum Gasteiger partial charge on any atom is 0.255 e. The van der Waals surface area contributed by atoms with E-state index in [4.69, 9.17) is 9.47 Å². The molecule has 9 heteroatoms. The number of para-hydroxylation sites is 2. The fraction of sp³-hybridized carbons (Fsp3) is 0.231. The fourth-order valence-electron chi connectivity index (χ4n) is 3.94. The van der Waals surface area contributed by atoms with Crippen LogP contribution in [-0.4, -0.2) is 50.8 Å². The number of hydrogen-bond acceptors (Lipinski definition) is 7. The van der Waals surface area contributed by atoms with Gasteiger partial charge in [0.15, 0.2) is 17.3 Å². The van der Waals surface area contributed by atoms with Crippen LogP contribution in [0.5, 0.6) is 11.5 Å². The summed E-state index contributed by atoms with van der Waals surface area (Å²) < 4.78 is 13.3. The molecule has 0 atom stereocenters. The Kier molecular flexibility index (Phi) is 6.94. The van der Waals surface area contributed by atoms with Gasteiger partial charge in [-0.15, -0.1) is 16.9 Å². The minimum atomic E-state index is -0.0346. The van der Waals surface area contributed by atoms with Crippen molar-refractivity contribution < 1.29 is 14.3 Å². The topological polar surface area (TPSA) is 82.4 Å². The molecule has 2 heterocycles. The van der Waals surface area contributed by atoms with Crippen molar-refractivity contribution in [1.82, 2.24) is 25.1 Å². The van der Waals surface area contributed by atoms with Crippen molar-refractivity contribution in [2.24, 2.45) is 0 Å². The van der Waals surface area contributed by atoms with Crippen molar-refractivity contribution in [3.8, 4) is 17.2 Å². The molecule has 178 valence electrons. The maximum absolute atomic E-state index is 13.6. The van der Waals surface area contributed by atoms with Crippen molar-refractivity contribution in [1.29, 1.82) is 0 Å². The van der Waals surface area contributed by atoms with Gasteiger partial charge in [0, 0.05) is 23.5 Å². The summed E-state index contributed by atoms with van der Waals surface area (Å²) in [5.41, 5.74) is 2.48. The molecule has 4 aromatic rings. The van der Waals surface area contributed by atoms with Crippen molar-refractivity contribution in [2.75, 3.05) is 19.8 Å². The Labute approximate surface area is 207 Å². The molecule has 35 heavy (non-hydrogen) atoms. The summed E-state index contributed by atoms with van der Waals surface area (Å²) in [6.45, 7) is 4.02. The van der Waals surface area contributed by atoms with Crippen molar-refractivity contribution >= 4 is 17.7 Å². The van der Waals surface area contributed by atoms with Crippen LogP contribution >= 0.6 is 11.8 Å². The monoisotopic (exact) mass is 487 g/mol. The van der Waals surface area contributed by atoms with Crippen LogP contribution in [0, 0.1) is 0 Å². The average Bonchev–Trinajstić information content (AvgIpc) is 3.39. The van der Waals surface area contributed by atoms with E-state index in [2.05, 4.69) is 15.5 Å². The summed E-state index contributed by atoms with van der Waals surface area (Å²) >= 11 is 1.54. The summed E-state index contributed by atoms with van der Waals surface area (Å²) in [5, 5.41) is 12.2. The van der Waals surface area contributed by atoms with Gasteiger partial charge < -0.3 is 14.4 Å². The van der Waals surface area contributed by atoms with Crippen LogP contribution < -0.4 is 9.47 Å². The SMILES string of the molecule is CCN(Cc1cccc2c1OCCO2)C(=O)c1ccccc1SCc1nnnn1-c1ccccc1. The quantitative estimate of drug-likeness (QED) is 0.341. The zero-order chi connectivity index (χ0) is 24.0. The van der Waals surface area contributed by atoms with Gasteiger partial charge in [0.05, 0.1) is 17.0 Å². The molecule has 0 saturated heterocycles. The Morgan fingerprint density at radius 2 is 1.80 bits per heavy atom. The van der Waals surface area contributed by atoms with Gasteiger partial charge >= 0.3 is 0 Å². The van der Waals surface area contributed by atoms with Crippen LogP contribution in [-0.2, 0) is 12.3 Å². The number of amides is 1. The van der Waals surface area contributed by atoms with E-state index in [9.17, 15) is 4.79 Å². The zero-order valence-corrected chi connectivity index (χ0v) is 20.1. The molecule has 1 aromatic heterocycles. The van der Waals surface area contributed by atoms with Crippen molar-refractivity contribution in [3.63, 3.8) is 0 Å². The highest BCUT2D eigenvalue weighted by Gasteiger charge is 2.22. The van der Waals surface area contributed by atoms with E-state index >= 15 is 0 Å². The second kappa shape index (κ2) is 10.6. The standard InChI is InChI=1S/C26H25N5O3S/c1-2-30(17-19-9-8-13-22-25(19)34-16-15-33-22)26(32)21-12-6-7-14-23(21)35-18-24-27-28-29-31(24)20-10-4-3-5-11-20/h3-14H,2,15-18H2,1H3. The molecule has 8 nitrogen and oxygen atoms in total. The molecule has 1 aliphatic rings. The van der Waals surface area contributed by atoms with Crippen LogP contribution in [0.3, 0.4) is 0 Å². The second-order valence-corrected chi connectivity index (χ2v) is 8.91. The number of nitrogens with zero attached hydrogens (tertiary/aromatic N) is 5. The van der Waals surface area contributed by atoms with Crippen LogP contribution in [0.15, 0.2) is 77.7 Å². The second-order valence-electron chi connectivity index (χ2n) is 7.89. The Balaban J connectivity index is 1.34. The smallest absolute Gasteiger partial charge is 0.255 e. The van der Waals surface area contributed by atoms with Gasteiger partial charge in [0.1, 0.15) is 13.2 Å². The van der Waals surface area contributed by atoms with Crippen LogP contribution in [0.25, 0.3) is 5.69 Å². The number of aromatic nitrogens is 4. The Morgan fingerprint density at radius 1 is 1.00 bits per heavy atom. The van der Waals surface area contributed by atoms with Crippen molar-refractivity contribution in [3.05, 3.63) is 89.7 Å². The normalized spacial score (nSPS) is 12.4.